The van der Waals surface area contributed by atoms with Crippen molar-refractivity contribution in [2.45, 2.75) is 12.5 Å². The maximum absolute atomic E-state index is 11.8. The highest BCUT2D eigenvalue weighted by Gasteiger charge is 2.40. The SMILES string of the molecule is CC1(O)CN(C(=O)c2cnccc2Cl)C1. The topological polar surface area (TPSA) is 53.4 Å². The fourth-order valence-corrected chi connectivity index (χ4v) is 1.81. The molecular weight excluding hydrogens is 216 g/mol. The molecule has 0 bridgehead atoms. The van der Waals surface area contributed by atoms with Crippen LogP contribution in [0.5, 0.6) is 0 Å². The van der Waals surface area contributed by atoms with E-state index < -0.39 is 5.60 Å². The molecule has 1 fully saturated rings. The molecule has 2 rings (SSSR count). The number of hydrogen-bond acceptors (Lipinski definition) is 3. The van der Waals surface area contributed by atoms with Gasteiger partial charge in [-0.2, -0.15) is 0 Å². The van der Waals surface area contributed by atoms with Crippen molar-refractivity contribution in [2.75, 3.05) is 13.1 Å². The highest BCUT2D eigenvalue weighted by Crippen LogP contribution is 2.24. The summed E-state index contributed by atoms with van der Waals surface area (Å²) in [4.78, 5) is 17.2. The highest BCUT2D eigenvalue weighted by atomic mass is 35.5. The second kappa shape index (κ2) is 3.47. The molecule has 5 heteroatoms. The van der Waals surface area contributed by atoms with Crippen LogP contribution in [-0.2, 0) is 0 Å². The van der Waals surface area contributed by atoms with E-state index in [1.807, 2.05) is 0 Å². The second-order valence-electron chi connectivity index (χ2n) is 4.01. The van der Waals surface area contributed by atoms with Gasteiger partial charge in [0.15, 0.2) is 0 Å². The quantitative estimate of drug-likeness (QED) is 0.776. The fourth-order valence-electron chi connectivity index (χ4n) is 1.62. The van der Waals surface area contributed by atoms with Crippen LogP contribution < -0.4 is 0 Å². The van der Waals surface area contributed by atoms with Crippen molar-refractivity contribution in [3.8, 4) is 0 Å². The largest absolute Gasteiger partial charge is 0.386 e. The maximum atomic E-state index is 11.8. The molecule has 0 aromatic carbocycles. The zero-order chi connectivity index (χ0) is 11.1. The third kappa shape index (κ3) is 1.96. The zero-order valence-corrected chi connectivity index (χ0v) is 9.03. The van der Waals surface area contributed by atoms with Gasteiger partial charge in [0.25, 0.3) is 5.91 Å². The summed E-state index contributed by atoms with van der Waals surface area (Å²) in [6.45, 7) is 2.38. The van der Waals surface area contributed by atoms with Gasteiger partial charge in [-0.15, -0.1) is 0 Å². The fraction of sp³-hybridized carbons (Fsp3) is 0.400. The van der Waals surface area contributed by atoms with Crippen molar-refractivity contribution in [2.24, 2.45) is 0 Å². The molecule has 1 aliphatic heterocycles. The first-order valence-corrected chi connectivity index (χ1v) is 4.98. The number of halogens is 1. The number of amides is 1. The van der Waals surface area contributed by atoms with Crippen molar-refractivity contribution < 1.29 is 9.90 Å². The summed E-state index contributed by atoms with van der Waals surface area (Å²) in [5.41, 5.74) is -0.376. The average Bonchev–Trinajstić information content (AvgIpc) is 2.14. The van der Waals surface area contributed by atoms with Crippen molar-refractivity contribution in [1.82, 2.24) is 9.88 Å². The van der Waals surface area contributed by atoms with Gasteiger partial charge in [0.05, 0.1) is 29.3 Å². The number of pyridine rings is 1. The number of nitrogens with zero attached hydrogens (tertiary/aromatic N) is 2. The second-order valence-corrected chi connectivity index (χ2v) is 4.42. The Labute approximate surface area is 92.5 Å². The lowest BCUT2D eigenvalue weighted by molar-refractivity contribution is -0.0668. The van der Waals surface area contributed by atoms with E-state index in [9.17, 15) is 9.90 Å². The molecule has 0 unspecified atom stereocenters. The van der Waals surface area contributed by atoms with Crippen LogP contribution in [0.15, 0.2) is 18.5 Å². The van der Waals surface area contributed by atoms with Crippen LogP contribution in [-0.4, -0.2) is 39.6 Å². The van der Waals surface area contributed by atoms with Gasteiger partial charge in [-0.05, 0) is 13.0 Å². The average molecular weight is 227 g/mol. The van der Waals surface area contributed by atoms with Crippen LogP contribution in [0.4, 0.5) is 0 Å². The summed E-state index contributed by atoms with van der Waals surface area (Å²) < 4.78 is 0. The summed E-state index contributed by atoms with van der Waals surface area (Å²) in [5, 5.41) is 9.90. The Morgan fingerprint density at radius 2 is 2.33 bits per heavy atom. The van der Waals surface area contributed by atoms with Crippen LogP contribution >= 0.6 is 11.6 Å². The van der Waals surface area contributed by atoms with Crippen LogP contribution in [0.3, 0.4) is 0 Å². The van der Waals surface area contributed by atoms with Gasteiger partial charge in [0.2, 0.25) is 0 Å². The Kier molecular flexibility index (Phi) is 2.40. The molecule has 15 heavy (non-hydrogen) atoms. The Morgan fingerprint density at radius 1 is 1.67 bits per heavy atom. The minimum atomic E-state index is -0.760. The monoisotopic (exact) mass is 226 g/mol. The van der Waals surface area contributed by atoms with E-state index in [0.29, 0.717) is 23.7 Å². The molecule has 1 N–H and O–H groups in total. The van der Waals surface area contributed by atoms with Gasteiger partial charge in [-0.3, -0.25) is 9.78 Å². The van der Waals surface area contributed by atoms with E-state index in [1.165, 1.54) is 12.4 Å². The van der Waals surface area contributed by atoms with Crippen molar-refractivity contribution >= 4 is 17.5 Å². The zero-order valence-electron chi connectivity index (χ0n) is 8.27. The number of β-amino-alcohol motifs (C(OH)–C–C–N with tert-alkyl or cyclic N) is 1. The summed E-state index contributed by atoms with van der Waals surface area (Å²) in [5.74, 6) is -0.181. The van der Waals surface area contributed by atoms with E-state index in [1.54, 1.807) is 17.9 Å². The molecule has 4 nitrogen and oxygen atoms in total. The molecule has 0 spiro atoms. The number of aromatic nitrogens is 1. The third-order valence-corrected chi connectivity index (χ3v) is 2.68. The Morgan fingerprint density at radius 3 is 2.87 bits per heavy atom. The van der Waals surface area contributed by atoms with Crippen molar-refractivity contribution in [3.05, 3.63) is 29.0 Å². The van der Waals surface area contributed by atoms with Gasteiger partial charge in [0.1, 0.15) is 0 Å². The summed E-state index contributed by atoms with van der Waals surface area (Å²) >= 11 is 5.87. The number of hydrogen-bond donors (Lipinski definition) is 1. The molecule has 1 aliphatic rings. The van der Waals surface area contributed by atoms with Crippen molar-refractivity contribution in [3.63, 3.8) is 0 Å². The van der Waals surface area contributed by atoms with Crippen molar-refractivity contribution in [1.29, 1.82) is 0 Å². The number of rotatable bonds is 1. The predicted octanol–water partition coefficient (Wildman–Crippen LogP) is 0.942. The lowest BCUT2D eigenvalue weighted by atomic mass is 9.96. The predicted molar refractivity (Wildman–Crippen MR) is 55.8 cm³/mol. The van der Waals surface area contributed by atoms with Crippen LogP contribution in [0, 0.1) is 0 Å². The Bertz CT molecular complexity index is 398. The van der Waals surface area contributed by atoms with Gasteiger partial charge in [-0.25, -0.2) is 0 Å². The first-order valence-electron chi connectivity index (χ1n) is 4.61. The first-order chi connectivity index (χ1) is 6.99. The Balaban J connectivity index is 2.14. The lowest BCUT2D eigenvalue weighted by Gasteiger charge is -2.44. The normalized spacial score (nSPS) is 18.5. The first kappa shape index (κ1) is 10.4. The molecule has 2 heterocycles. The number of likely N-dealkylation sites (tertiary alicyclic amines) is 1. The number of carbonyl (C=O) groups excluding carboxylic acids is 1. The van der Waals surface area contributed by atoms with Crippen LogP contribution in [0.1, 0.15) is 17.3 Å². The maximum Gasteiger partial charge on any atom is 0.257 e. The molecule has 0 saturated carbocycles. The van der Waals surface area contributed by atoms with Crippen LogP contribution in [0.25, 0.3) is 0 Å². The summed E-state index contributed by atoms with van der Waals surface area (Å²) in [6.07, 6.45) is 2.98. The third-order valence-electron chi connectivity index (χ3n) is 2.35. The lowest BCUT2D eigenvalue weighted by Crippen LogP contribution is -2.61. The van der Waals surface area contributed by atoms with E-state index >= 15 is 0 Å². The molecular formula is C10H11ClN2O2. The van der Waals surface area contributed by atoms with Crippen LogP contribution in [0.2, 0.25) is 5.02 Å². The minimum Gasteiger partial charge on any atom is -0.386 e. The molecule has 1 saturated heterocycles. The molecule has 0 atom stereocenters. The molecule has 0 radical (unpaired) electrons. The molecule has 1 aromatic rings. The van der Waals surface area contributed by atoms with E-state index in [-0.39, 0.29) is 5.91 Å². The highest BCUT2D eigenvalue weighted by molar-refractivity contribution is 6.33. The molecule has 0 aliphatic carbocycles. The number of carbonyl (C=O) groups is 1. The minimum absolute atomic E-state index is 0.181. The van der Waals surface area contributed by atoms with Gasteiger partial charge in [0, 0.05) is 12.4 Å². The van der Waals surface area contributed by atoms with E-state index in [2.05, 4.69) is 4.98 Å². The Hall–Kier alpha value is -1.13. The van der Waals surface area contributed by atoms with E-state index in [0.717, 1.165) is 0 Å². The summed E-state index contributed by atoms with van der Waals surface area (Å²) in [6, 6.07) is 1.58. The summed E-state index contributed by atoms with van der Waals surface area (Å²) in [7, 11) is 0. The van der Waals surface area contributed by atoms with Gasteiger partial charge >= 0.3 is 0 Å². The standard InChI is InChI=1S/C10H11ClN2O2/c1-10(15)5-13(6-10)9(14)7-4-12-3-2-8(7)11/h2-4,15H,5-6H2,1H3. The van der Waals surface area contributed by atoms with Gasteiger partial charge < -0.3 is 10.0 Å². The smallest absolute Gasteiger partial charge is 0.257 e. The number of aliphatic hydroxyl groups is 1. The molecule has 1 amide bonds. The van der Waals surface area contributed by atoms with Gasteiger partial charge in [-0.1, -0.05) is 11.6 Å². The molecule has 80 valence electrons. The molecule has 1 aromatic heterocycles. The van der Waals surface area contributed by atoms with E-state index in [4.69, 9.17) is 11.6 Å².